The minimum absolute atomic E-state index is 0.479. The maximum Gasteiger partial charge on any atom is 0.134 e. The van der Waals surface area contributed by atoms with Crippen LogP contribution >= 0.6 is 0 Å². The Bertz CT molecular complexity index is 334. The highest BCUT2D eigenvalue weighted by atomic mass is 16.5. The summed E-state index contributed by atoms with van der Waals surface area (Å²) in [5.41, 5.74) is 0.893. The second-order valence-electron chi connectivity index (χ2n) is 4.05. The molecule has 16 heavy (non-hydrogen) atoms. The minimum atomic E-state index is -0.479. The Morgan fingerprint density at radius 2 is 2.31 bits per heavy atom. The molecule has 0 radical (unpaired) electrons. The van der Waals surface area contributed by atoms with Crippen molar-refractivity contribution in [2.45, 2.75) is 19.4 Å². The van der Waals surface area contributed by atoms with Gasteiger partial charge in [0.15, 0.2) is 0 Å². The molecule has 1 saturated heterocycles. The van der Waals surface area contributed by atoms with E-state index in [1.54, 1.807) is 13.1 Å². The quantitative estimate of drug-likeness (QED) is 0.820. The van der Waals surface area contributed by atoms with Crippen molar-refractivity contribution in [1.29, 1.82) is 0 Å². The molecule has 1 N–H and O–H groups in total. The van der Waals surface area contributed by atoms with Crippen LogP contribution in [-0.2, 0) is 4.74 Å². The first-order valence-electron chi connectivity index (χ1n) is 5.74. The Balaban J connectivity index is 2.23. The van der Waals surface area contributed by atoms with Gasteiger partial charge in [-0.15, -0.1) is 0 Å². The number of aliphatic hydroxyl groups is 1. The number of pyridine rings is 1. The highest BCUT2D eigenvalue weighted by Crippen LogP contribution is 2.24. The van der Waals surface area contributed by atoms with Gasteiger partial charge in [0.25, 0.3) is 0 Å². The molecule has 0 aromatic carbocycles. The van der Waals surface area contributed by atoms with E-state index in [0.29, 0.717) is 0 Å². The summed E-state index contributed by atoms with van der Waals surface area (Å²) >= 11 is 0. The van der Waals surface area contributed by atoms with E-state index in [1.165, 1.54) is 0 Å². The van der Waals surface area contributed by atoms with Gasteiger partial charge in [0.1, 0.15) is 5.82 Å². The van der Waals surface area contributed by atoms with Gasteiger partial charge < -0.3 is 14.7 Å². The van der Waals surface area contributed by atoms with Gasteiger partial charge in [-0.3, -0.25) is 0 Å². The number of nitrogens with zero attached hydrogens (tertiary/aromatic N) is 2. The zero-order valence-electron chi connectivity index (χ0n) is 9.59. The molecule has 1 aliphatic rings. The number of aromatic nitrogens is 1. The third-order valence-corrected chi connectivity index (χ3v) is 2.79. The number of anilines is 1. The number of hydrogen-bond donors (Lipinski definition) is 1. The van der Waals surface area contributed by atoms with E-state index in [4.69, 9.17) is 4.74 Å². The Labute approximate surface area is 95.9 Å². The Kier molecular flexibility index (Phi) is 3.74. The van der Waals surface area contributed by atoms with Gasteiger partial charge in [0.05, 0.1) is 12.7 Å². The number of hydrogen-bond acceptors (Lipinski definition) is 4. The zero-order chi connectivity index (χ0) is 11.4. The van der Waals surface area contributed by atoms with Crippen LogP contribution in [0.15, 0.2) is 18.3 Å². The summed E-state index contributed by atoms with van der Waals surface area (Å²) < 4.78 is 5.41. The van der Waals surface area contributed by atoms with Crippen molar-refractivity contribution < 1.29 is 9.84 Å². The fourth-order valence-corrected chi connectivity index (χ4v) is 1.96. The number of ether oxygens (including phenoxy) is 1. The lowest BCUT2D eigenvalue weighted by atomic mass is 10.1. The van der Waals surface area contributed by atoms with Crippen molar-refractivity contribution in [1.82, 2.24) is 4.98 Å². The predicted molar refractivity (Wildman–Crippen MR) is 62.5 cm³/mol. The minimum Gasteiger partial charge on any atom is -0.389 e. The molecule has 0 amide bonds. The highest BCUT2D eigenvalue weighted by molar-refractivity contribution is 5.47. The van der Waals surface area contributed by atoms with Gasteiger partial charge in [-0.25, -0.2) is 4.98 Å². The van der Waals surface area contributed by atoms with E-state index < -0.39 is 6.10 Å². The number of aliphatic hydroxyl groups excluding tert-OH is 1. The third kappa shape index (κ3) is 2.51. The lowest BCUT2D eigenvalue weighted by Gasteiger charge is -2.24. The van der Waals surface area contributed by atoms with Crippen LogP contribution in [0.4, 0.5) is 5.82 Å². The normalized spacial score (nSPS) is 19.2. The standard InChI is InChI=1S/C12H18N2O2/c1-10(15)11-4-2-5-13-12(11)14-6-3-8-16-9-7-14/h2,4-5,10,15H,3,6-9H2,1H3/t10-/m1/s1. The van der Waals surface area contributed by atoms with E-state index >= 15 is 0 Å². The van der Waals surface area contributed by atoms with E-state index in [0.717, 1.165) is 44.1 Å². The molecule has 1 aliphatic heterocycles. The summed E-state index contributed by atoms with van der Waals surface area (Å²) in [7, 11) is 0. The molecule has 88 valence electrons. The molecule has 0 saturated carbocycles. The fraction of sp³-hybridized carbons (Fsp3) is 0.583. The van der Waals surface area contributed by atoms with E-state index in [9.17, 15) is 5.11 Å². The lowest BCUT2D eigenvalue weighted by Crippen LogP contribution is -2.28. The molecule has 2 heterocycles. The predicted octanol–water partition coefficient (Wildman–Crippen LogP) is 1.36. The molecular weight excluding hydrogens is 204 g/mol. The van der Waals surface area contributed by atoms with Crippen molar-refractivity contribution in [3.63, 3.8) is 0 Å². The van der Waals surface area contributed by atoms with Crippen LogP contribution < -0.4 is 4.90 Å². The molecule has 4 heteroatoms. The lowest BCUT2D eigenvalue weighted by molar-refractivity contribution is 0.152. The Hall–Kier alpha value is -1.13. The van der Waals surface area contributed by atoms with Crippen molar-refractivity contribution in [2.24, 2.45) is 0 Å². The molecule has 4 nitrogen and oxygen atoms in total. The molecule has 1 atom stereocenters. The highest BCUT2D eigenvalue weighted by Gasteiger charge is 2.16. The van der Waals surface area contributed by atoms with E-state index in [1.807, 2.05) is 12.1 Å². The molecule has 0 spiro atoms. The monoisotopic (exact) mass is 222 g/mol. The van der Waals surface area contributed by atoms with Gasteiger partial charge in [-0.05, 0) is 19.4 Å². The molecule has 0 unspecified atom stereocenters. The first-order valence-corrected chi connectivity index (χ1v) is 5.74. The molecule has 0 aliphatic carbocycles. The summed E-state index contributed by atoms with van der Waals surface area (Å²) in [6.45, 7) is 5.10. The fourth-order valence-electron chi connectivity index (χ4n) is 1.96. The average molecular weight is 222 g/mol. The summed E-state index contributed by atoms with van der Waals surface area (Å²) in [5, 5.41) is 9.71. The molecular formula is C12H18N2O2. The maximum absolute atomic E-state index is 9.71. The van der Waals surface area contributed by atoms with Gasteiger partial charge in [-0.1, -0.05) is 6.07 Å². The summed E-state index contributed by atoms with van der Waals surface area (Å²) in [6, 6.07) is 3.79. The van der Waals surface area contributed by atoms with Crippen LogP contribution in [0, 0.1) is 0 Å². The maximum atomic E-state index is 9.71. The average Bonchev–Trinajstić information content (AvgIpc) is 2.57. The zero-order valence-corrected chi connectivity index (χ0v) is 9.59. The van der Waals surface area contributed by atoms with E-state index in [-0.39, 0.29) is 0 Å². The first-order chi connectivity index (χ1) is 7.79. The molecule has 2 rings (SSSR count). The van der Waals surface area contributed by atoms with Crippen molar-refractivity contribution in [3.8, 4) is 0 Å². The van der Waals surface area contributed by atoms with Crippen LogP contribution in [0.2, 0.25) is 0 Å². The van der Waals surface area contributed by atoms with Crippen LogP contribution in [-0.4, -0.2) is 36.4 Å². The summed E-state index contributed by atoms with van der Waals surface area (Å²) in [4.78, 5) is 6.57. The second kappa shape index (κ2) is 5.27. The SMILES string of the molecule is C[C@@H](O)c1cccnc1N1CCCOCC1. The Morgan fingerprint density at radius 3 is 3.12 bits per heavy atom. The molecule has 1 aromatic rings. The van der Waals surface area contributed by atoms with E-state index in [2.05, 4.69) is 9.88 Å². The Morgan fingerprint density at radius 1 is 1.44 bits per heavy atom. The molecule has 1 fully saturated rings. The van der Waals surface area contributed by atoms with Gasteiger partial charge in [0.2, 0.25) is 0 Å². The molecule has 0 bridgehead atoms. The smallest absolute Gasteiger partial charge is 0.134 e. The summed E-state index contributed by atoms with van der Waals surface area (Å²) in [6.07, 6.45) is 2.30. The first kappa shape index (κ1) is 11.4. The topological polar surface area (TPSA) is 45.6 Å². The summed E-state index contributed by atoms with van der Waals surface area (Å²) in [5.74, 6) is 0.892. The third-order valence-electron chi connectivity index (χ3n) is 2.79. The van der Waals surface area contributed by atoms with Crippen LogP contribution in [0.5, 0.6) is 0 Å². The number of rotatable bonds is 2. The van der Waals surface area contributed by atoms with Gasteiger partial charge in [-0.2, -0.15) is 0 Å². The van der Waals surface area contributed by atoms with Crippen molar-refractivity contribution >= 4 is 5.82 Å². The van der Waals surface area contributed by atoms with Crippen molar-refractivity contribution in [3.05, 3.63) is 23.9 Å². The molecule has 1 aromatic heterocycles. The van der Waals surface area contributed by atoms with Crippen LogP contribution in [0.25, 0.3) is 0 Å². The largest absolute Gasteiger partial charge is 0.389 e. The van der Waals surface area contributed by atoms with Crippen LogP contribution in [0.1, 0.15) is 25.0 Å². The second-order valence-corrected chi connectivity index (χ2v) is 4.05. The van der Waals surface area contributed by atoms with Crippen molar-refractivity contribution in [2.75, 3.05) is 31.2 Å². The van der Waals surface area contributed by atoms with Gasteiger partial charge >= 0.3 is 0 Å². The van der Waals surface area contributed by atoms with Crippen LogP contribution in [0.3, 0.4) is 0 Å². The van der Waals surface area contributed by atoms with Gasteiger partial charge in [0, 0.05) is 31.5 Å².